The van der Waals surface area contributed by atoms with Crippen LogP contribution in [0.3, 0.4) is 0 Å². The van der Waals surface area contributed by atoms with Crippen LogP contribution in [0.4, 0.5) is 0 Å². The molecular weight excluding hydrogens is 186 g/mol. The highest BCUT2D eigenvalue weighted by Gasteiger charge is 2.26. The third-order valence-corrected chi connectivity index (χ3v) is 3.39. The van der Waals surface area contributed by atoms with E-state index in [0.717, 1.165) is 5.92 Å². The summed E-state index contributed by atoms with van der Waals surface area (Å²) in [5, 5.41) is 3.53. The number of nitrogens with zero attached hydrogens (tertiary/aromatic N) is 2. The molecule has 0 radical (unpaired) electrons. The Morgan fingerprint density at radius 2 is 2.13 bits per heavy atom. The fourth-order valence-corrected chi connectivity index (χ4v) is 2.65. The van der Waals surface area contributed by atoms with Crippen molar-refractivity contribution in [1.29, 1.82) is 0 Å². The van der Waals surface area contributed by atoms with Crippen LogP contribution in [0.25, 0.3) is 5.57 Å². The van der Waals surface area contributed by atoms with E-state index in [1.165, 1.54) is 36.9 Å². The molecule has 78 valence electrons. The fourth-order valence-electron chi connectivity index (χ4n) is 2.65. The molecule has 0 saturated carbocycles. The normalized spacial score (nSPS) is 29.7. The lowest BCUT2D eigenvalue weighted by Crippen LogP contribution is -2.39. The molecule has 0 amide bonds. The van der Waals surface area contributed by atoms with E-state index >= 15 is 0 Å². The van der Waals surface area contributed by atoms with Crippen molar-refractivity contribution in [2.75, 3.05) is 6.54 Å². The zero-order valence-corrected chi connectivity index (χ0v) is 8.69. The van der Waals surface area contributed by atoms with Gasteiger partial charge in [0.1, 0.15) is 6.33 Å². The summed E-state index contributed by atoms with van der Waals surface area (Å²) in [7, 11) is 0. The summed E-state index contributed by atoms with van der Waals surface area (Å²) >= 11 is 0. The maximum absolute atomic E-state index is 4.08. The quantitative estimate of drug-likeness (QED) is 0.750. The number of aromatic nitrogens is 2. The molecule has 1 aliphatic carbocycles. The minimum Gasteiger partial charge on any atom is -0.310 e. The van der Waals surface area contributed by atoms with E-state index < -0.39 is 0 Å². The van der Waals surface area contributed by atoms with Crippen molar-refractivity contribution >= 4 is 5.57 Å². The van der Waals surface area contributed by atoms with Crippen LogP contribution in [-0.2, 0) is 0 Å². The monoisotopic (exact) mass is 201 g/mol. The van der Waals surface area contributed by atoms with Crippen molar-refractivity contribution in [3.63, 3.8) is 0 Å². The van der Waals surface area contributed by atoms with Gasteiger partial charge in [0.25, 0.3) is 0 Å². The Kier molecular flexibility index (Phi) is 2.25. The Labute approximate surface area is 89.6 Å². The highest BCUT2D eigenvalue weighted by Crippen LogP contribution is 2.34. The van der Waals surface area contributed by atoms with E-state index in [-0.39, 0.29) is 0 Å². The maximum atomic E-state index is 4.08. The molecule has 3 nitrogen and oxygen atoms in total. The minimum atomic E-state index is 0.577. The van der Waals surface area contributed by atoms with Gasteiger partial charge in [-0.2, -0.15) is 0 Å². The van der Waals surface area contributed by atoms with Crippen molar-refractivity contribution in [2.45, 2.75) is 25.3 Å². The van der Waals surface area contributed by atoms with Gasteiger partial charge in [-0.3, -0.25) is 0 Å². The summed E-state index contributed by atoms with van der Waals surface area (Å²) in [4.78, 5) is 8.16. The van der Waals surface area contributed by atoms with Crippen molar-refractivity contribution in [3.05, 3.63) is 30.4 Å². The summed E-state index contributed by atoms with van der Waals surface area (Å²) in [5.74, 6) is 0.858. The topological polar surface area (TPSA) is 37.8 Å². The van der Waals surface area contributed by atoms with Gasteiger partial charge in [0.2, 0.25) is 0 Å². The molecule has 1 fully saturated rings. The van der Waals surface area contributed by atoms with Crippen molar-refractivity contribution in [2.24, 2.45) is 5.92 Å². The van der Waals surface area contributed by atoms with Crippen LogP contribution >= 0.6 is 0 Å². The average molecular weight is 201 g/mol. The van der Waals surface area contributed by atoms with Gasteiger partial charge in [-0.1, -0.05) is 6.08 Å². The summed E-state index contributed by atoms with van der Waals surface area (Å²) < 4.78 is 0. The lowest BCUT2D eigenvalue weighted by molar-refractivity contribution is 0.327. The zero-order valence-electron chi connectivity index (χ0n) is 8.69. The van der Waals surface area contributed by atoms with Gasteiger partial charge in [0.05, 0.1) is 0 Å². The second kappa shape index (κ2) is 3.74. The van der Waals surface area contributed by atoms with Gasteiger partial charge < -0.3 is 5.32 Å². The van der Waals surface area contributed by atoms with Crippen molar-refractivity contribution in [1.82, 2.24) is 15.3 Å². The van der Waals surface area contributed by atoms with Gasteiger partial charge in [0.15, 0.2) is 0 Å². The van der Waals surface area contributed by atoms with Crippen LogP contribution in [0, 0.1) is 5.92 Å². The third kappa shape index (κ3) is 1.79. The first kappa shape index (κ1) is 9.04. The predicted molar refractivity (Wildman–Crippen MR) is 59.1 cm³/mol. The maximum Gasteiger partial charge on any atom is 0.115 e. The van der Waals surface area contributed by atoms with E-state index in [0.29, 0.717) is 6.04 Å². The number of fused-ring (bicyclic) bond motifs is 2. The molecule has 0 spiro atoms. The Hall–Kier alpha value is -1.22. The first-order chi connectivity index (χ1) is 7.42. The number of piperidine rings is 1. The van der Waals surface area contributed by atoms with Crippen molar-refractivity contribution in [3.8, 4) is 0 Å². The van der Waals surface area contributed by atoms with Gasteiger partial charge in [-0.15, -0.1) is 0 Å². The Balaban J connectivity index is 1.91. The van der Waals surface area contributed by atoms with Gasteiger partial charge >= 0.3 is 0 Å². The van der Waals surface area contributed by atoms with Gasteiger partial charge in [-0.05, 0) is 37.3 Å². The zero-order chi connectivity index (χ0) is 10.1. The van der Waals surface area contributed by atoms with Crippen molar-refractivity contribution < 1.29 is 0 Å². The predicted octanol–water partition coefficient (Wildman–Crippen LogP) is 1.63. The molecule has 15 heavy (non-hydrogen) atoms. The Morgan fingerprint density at radius 3 is 2.93 bits per heavy atom. The molecule has 2 heterocycles. The average Bonchev–Trinajstić information content (AvgIpc) is 2.30. The lowest BCUT2D eigenvalue weighted by Gasteiger charge is -2.34. The molecule has 2 aliphatic rings. The largest absolute Gasteiger partial charge is 0.310 e. The summed E-state index contributed by atoms with van der Waals surface area (Å²) in [6, 6.07) is 0.577. The van der Waals surface area contributed by atoms with E-state index in [2.05, 4.69) is 21.4 Å². The molecule has 1 aromatic heterocycles. The molecule has 2 unspecified atom stereocenters. The van der Waals surface area contributed by atoms with E-state index in [9.17, 15) is 0 Å². The van der Waals surface area contributed by atoms with E-state index in [1.807, 2.05) is 12.4 Å². The minimum absolute atomic E-state index is 0.577. The first-order valence-electron chi connectivity index (χ1n) is 5.61. The molecular formula is C12H15N3. The summed E-state index contributed by atoms with van der Waals surface area (Å²) in [6.07, 6.45) is 11.6. The molecule has 1 N–H and O–H groups in total. The van der Waals surface area contributed by atoms with E-state index in [4.69, 9.17) is 0 Å². The van der Waals surface area contributed by atoms with Gasteiger partial charge in [0, 0.05) is 24.0 Å². The molecule has 3 rings (SSSR count). The molecule has 2 atom stereocenters. The number of allylic oxidation sites excluding steroid dienone is 1. The molecule has 0 aromatic carbocycles. The second-order valence-corrected chi connectivity index (χ2v) is 4.47. The van der Waals surface area contributed by atoms with Crippen LogP contribution in [0.2, 0.25) is 0 Å². The van der Waals surface area contributed by atoms with Crippen LogP contribution in [0.1, 0.15) is 24.8 Å². The smallest absolute Gasteiger partial charge is 0.115 e. The molecule has 1 aliphatic heterocycles. The van der Waals surface area contributed by atoms with E-state index in [1.54, 1.807) is 6.33 Å². The molecule has 2 bridgehead atoms. The second-order valence-electron chi connectivity index (χ2n) is 4.47. The fraction of sp³-hybridized carbons (Fsp3) is 0.500. The summed E-state index contributed by atoms with van der Waals surface area (Å²) in [6.45, 7) is 1.17. The standard InChI is InChI=1S/C12H15N3/c1-2-15-12-4-9(1)3-10(5-12)11-6-13-8-14-7-11/h5-9,12,15H,1-4H2. The SMILES string of the molecule is C1=C(c2cncnc2)CC2CCNC1C2. The molecule has 3 heteroatoms. The Bertz CT molecular complexity index is 372. The first-order valence-corrected chi connectivity index (χ1v) is 5.61. The number of hydrogen-bond donors (Lipinski definition) is 1. The van der Waals surface area contributed by atoms with Gasteiger partial charge in [-0.25, -0.2) is 9.97 Å². The molecule has 1 saturated heterocycles. The highest BCUT2D eigenvalue weighted by molar-refractivity contribution is 5.66. The van der Waals surface area contributed by atoms with Crippen LogP contribution in [0.5, 0.6) is 0 Å². The van der Waals surface area contributed by atoms with Crippen LogP contribution in [0.15, 0.2) is 24.8 Å². The number of rotatable bonds is 1. The summed E-state index contributed by atoms with van der Waals surface area (Å²) in [5.41, 5.74) is 2.61. The number of hydrogen-bond acceptors (Lipinski definition) is 3. The van der Waals surface area contributed by atoms with Crippen LogP contribution in [-0.4, -0.2) is 22.6 Å². The highest BCUT2D eigenvalue weighted by atomic mass is 14.9. The van der Waals surface area contributed by atoms with Crippen LogP contribution < -0.4 is 5.32 Å². The third-order valence-electron chi connectivity index (χ3n) is 3.39. The lowest BCUT2D eigenvalue weighted by atomic mass is 9.80. The molecule has 1 aromatic rings. The number of nitrogens with one attached hydrogen (secondary N) is 1. The Morgan fingerprint density at radius 1 is 1.27 bits per heavy atom.